The van der Waals surface area contributed by atoms with Gasteiger partial charge in [-0.2, -0.15) is 0 Å². The van der Waals surface area contributed by atoms with Crippen LogP contribution in [0.5, 0.6) is 0 Å². The number of halogens is 2. The Balaban J connectivity index is 2.03. The van der Waals surface area contributed by atoms with Crippen LogP contribution in [0.4, 0.5) is 14.9 Å². The number of aryl methyl sites for hydroxylation is 1. The fraction of sp³-hybridized carbons (Fsp3) is 0.188. The summed E-state index contributed by atoms with van der Waals surface area (Å²) in [6, 6.07) is 11.7. The van der Waals surface area contributed by atoms with Crippen molar-refractivity contribution in [2.75, 3.05) is 5.32 Å². The van der Waals surface area contributed by atoms with E-state index in [0.29, 0.717) is 0 Å². The normalized spacial score (nSPS) is 11.8. The molecule has 110 valence electrons. The summed E-state index contributed by atoms with van der Waals surface area (Å²) < 4.78 is 14.6. The number of urea groups is 1. The van der Waals surface area contributed by atoms with Crippen molar-refractivity contribution in [1.82, 2.24) is 5.32 Å². The molecular weight excluding hydrogens is 335 g/mol. The van der Waals surface area contributed by atoms with E-state index in [0.717, 1.165) is 15.6 Å². The highest BCUT2D eigenvalue weighted by atomic mass is 79.9. The average Bonchev–Trinajstić information content (AvgIpc) is 2.42. The molecule has 0 aromatic heterocycles. The zero-order valence-corrected chi connectivity index (χ0v) is 13.4. The molecule has 1 atom stereocenters. The van der Waals surface area contributed by atoms with Crippen LogP contribution in [0.15, 0.2) is 46.9 Å². The summed E-state index contributed by atoms with van der Waals surface area (Å²) in [5, 5.41) is 5.30. The van der Waals surface area contributed by atoms with Crippen molar-refractivity contribution in [3.63, 3.8) is 0 Å². The van der Waals surface area contributed by atoms with Gasteiger partial charge in [0.2, 0.25) is 0 Å². The number of hydrogen-bond donors (Lipinski definition) is 2. The average molecular weight is 351 g/mol. The molecule has 21 heavy (non-hydrogen) atoms. The Labute approximate surface area is 131 Å². The Morgan fingerprint density at radius 2 is 1.95 bits per heavy atom. The van der Waals surface area contributed by atoms with Crippen LogP contribution in [0.2, 0.25) is 0 Å². The lowest BCUT2D eigenvalue weighted by molar-refractivity contribution is 0.249. The Hall–Kier alpha value is -1.88. The Morgan fingerprint density at radius 1 is 1.24 bits per heavy atom. The minimum absolute atomic E-state index is 0.164. The number of carbonyl (C=O) groups excluding carboxylic acids is 1. The lowest BCUT2D eigenvalue weighted by Crippen LogP contribution is -2.31. The number of hydrogen-bond acceptors (Lipinski definition) is 1. The second-order valence-electron chi connectivity index (χ2n) is 4.82. The van der Waals surface area contributed by atoms with E-state index in [1.807, 2.05) is 31.2 Å². The molecule has 0 aliphatic rings. The van der Waals surface area contributed by atoms with Gasteiger partial charge in [0.15, 0.2) is 0 Å². The minimum atomic E-state index is -0.446. The topological polar surface area (TPSA) is 41.1 Å². The highest BCUT2D eigenvalue weighted by Crippen LogP contribution is 2.23. The van der Waals surface area contributed by atoms with Crippen molar-refractivity contribution in [3.8, 4) is 0 Å². The predicted molar refractivity (Wildman–Crippen MR) is 85.8 cm³/mol. The van der Waals surface area contributed by atoms with Gasteiger partial charge in [0, 0.05) is 4.47 Å². The highest BCUT2D eigenvalue weighted by Gasteiger charge is 2.13. The molecule has 2 aromatic rings. The van der Waals surface area contributed by atoms with Gasteiger partial charge >= 0.3 is 6.03 Å². The standard InChI is InChI=1S/C16H16BrFN2O/c1-10-7-8-15(14(18)9-10)20-16(21)19-11(2)12-5-3-4-6-13(12)17/h3-9,11H,1-2H3,(H2,19,20,21). The van der Waals surface area contributed by atoms with E-state index in [4.69, 9.17) is 0 Å². The Kier molecular flexibility index (Phi) is 4.96. The maximum Gasteiger partial charge on any atom is 0.319 e. The summed E-state index contributed by atoms with van der Waals surface area (Å²) in [5.74, 6) is -0.446. The van der Waals surface area contributed by atoms with E-state index in [9.17, 15) is 9.18 Å². The monoisotopic (exact) mass is 350 g/mol. The van der Waals surface area contributed by atoms with Gasteiger partial charge in [-0.3, -0.25) is 0 Å². The molecule has 0 radical (unpaired) electrons. The SMILES string of the molecule is Cc1ccc(NC(=O)NC(C)c2ccccc2Br)c(F)c1. The zero-order chi connectivity index (χ0) is 15.4. The summed E-state index contributed by atoms with van der Waals surface area (Å²) in [5.41, 5.74) is 1.93. The molecule has 2 rings (SSSR count). The summed E-state index contributed by atoms with van der Waals surface area (Å²) >= 11 is 3.44. The van der Waals surface area contributed by atoms with Crippen LogP contribution in [0, 0.1) is 12.7 Å². The third-order valence-electron chi connectivity index (χ3n) is 3.09. The van der Waals surface area contributed by atoms with Crippen molar-refractivity contribution in [2.24, 2.45) is 0 Å². The first-order chi connectivity index (χ1) is 9.97. The first-order valence-corrected chi connectivity index (χ1v) is 7.35. The first kappa shape index (κ1) is 15.5. The molecular formula is C16H16BrFN2O. The maximum atomic E-state index is 13.7. The molecule has 2 N–H and O–H groups in total. The number of anilines is 1. The lowest BCUT2D eigenvalue weighted by Gasteiger charge is -2.16. The number of carbonyl (C=O) groups is 1. The molecule has 3 nitrogen and oxygen atoms in total. The van der Waals surface area contributed by atoms with Crippen molar-refractivity contribution in [3.05, 3.63) is 63.9 Å². The highest BCUT2D eigenvalue weighted by molar-refractivity contribution is 9.10. The molecule has 0 heterocycles. The maximum absolute atomic E-state index is 13.7. The van der Waals surface area contributed by atoms with Gasteiger partial charge in [-0.1, -0.05) is 40.2 Å². The van der Waals surface area contributed by atoms with Gasteiger partial charge in [0.1, 0.15) is 5.82 Å². The van der Waals surface area contributed by atoms with Crippen molar-refractivity contribution in [2.45, 2.75) is 19.9 Å². The van der Waals surface area contributed by atoms with Gasteiger partial charge in [-0.15, -0.1) is 0 Å². The molecule has 5 heteroatoms. The number of rotatable bonds is 3. The van der Waals surface area contributed by atoms with Crippen LogP contribution in [0.25, 0.3) is 0 Å². The van der Waals surface area contributed by atoms with Crippen LogP contribution in [0.1, 0.15) is 24.1 Å². The Bertz CT molecular complexity index is 660. The smallest absolute Gasteiger partial charge is 0.319 e. The molecule has 0 saturated heterocycles. The van der Waals surface area contributed by atoms with Gasteiger partial charge < -0.3 is 10.6 Å². The largest absolute Gasteiger partial charge is 0.331 e. The number of benzene rings is 2. The van der Waals surface area contributed by atoms with E-state index in [1.165, 1.54) is 6.07 Å². The van der Waals surface area contributed by atoms with E-state index >= 15 is 0 Å². The predicted octanol–water partition coefficient (Wildman–Crippen LogP) is 4.78. The second-order valence-corrected chi connectivity index (χ2v) is 5.68. The summed E-state index contributed by atoms with van der Waals surface area (Å²) in [6.45, 7) is 3.66. The van der Waals surface area contributed by atoms with Gasteiger partial charge in [-0.05, 0) is 43.2 Å². The molecule has 0 fully saturated rings. The number of nitrogens with one attached hydrogen (secondary N) is 2. The van der Waals surface area contributed by atoms with Crippen molar-refractivity contribution < 1.29 is 9.18 Å². The molecule has 0 aliphatic carbocycles. The molecule has 0 spiro atoms. The molecule has 2 aromatic carbocycles. The van der Waals surface area contributed by atoms with E-state index in [2.05, 4.69) is 26.6 Å². The third kappa shape index (κ3) is 4.04. The van der Waals surface area contributed by atoms with Crippen LogP contribution in [-0.2, 0) is 0 Å². The third-order valence-corrected chi connectivity index (χ3v) is 3.81. The first-order valence-electron chi connectivity index (χ1n) is 6.55. The zero-order valence-electron chi connectivity index (χ0n) is 11.8. The van der Waals surface area contributed by atoms with E-state index < -0.39 is 11.8 Å². The number of amides is 2. The van der Waals surface area contributed by atoms with Gasteiger partial charge in [0.25, 0.3) is 0 Å². The Morgan fingerprint density at radius 3 is 2.62 bits per heavy atom. The van der Waals surface area contributed by atoms with Crippen LogP contribution < -0.4 is 10.6 Å². The lowest BCUT2D eigenvalue weighted by atomic mass is 10.1. The summed E-state index contributed by atoms with van der Waals surface area (Å²) in [6.07, 6.45) is 0. The molecule has 1 unspecified atom stereocenters. The van der Waals surface area contributed by atoms with Crippen LogP contribution in [0.3, 0.4) is 0 Å². The molecule has 2 amide bonds. The van der Waals surface area contributed by atoms with Gasteiger partial charge in [0.05, 0.1) is 11.7 Å². The molecule has 0 aliphatic heterocycles. The van der Waals surface area contributed by atoms with E-state index in [1.54, 1.807) is 19.1 Å². The second kappa shape index (κ2) is 6.72. The van der Waals surface area contributed by atoms with Gasteiger partial charge in [-0.25, -0.2) is 9.18 Å². The quantitative estimate of drug-likeness (QED) is 0.821. The van der Waals surface area contributed by atoms with E-state index in [-0.39, 0.29) is 11.7 Å². The minimum Gasteiger partial charge on any atom is -0.331 e. The van der Waals surface area contributed by atoms with Crippen LogP contribution in [-0.4, -0.2) is 6.03 Å². The fourth-order valence-corrected chi connectivity index (χ4v) is 2.61. The fourth-order valence-electron chi connectivity index (χ4n) is 1.98. The molecule has 0 bridgehead atoms. The summed E-state index contributed by atoms with van der Waals surface area (Å²) in [7, 11) is 0. The van der Waals surface area contributed by atoms with Crippen molar-refractivity contribution >= 4 is 27.6 Å². The molecule has 0 saturated carbocycles. The van der Waals surface area contributed by atoms with Crippen LogP contribution >= 0.6 is 15.9 Å². The summed E-state index contributed by atoms with van der Waals surface area (Å²) in [4.78, 5) is 11.9. The van der Waals surface area contributed by atoms with Crippen molar-refractivity contribution in [1.29, 1.82) is 0 Å².